The predicted molar refractivity (Wildman–Crippen MR) is 75.7 cm³/mol. The van der Waals surface area contributed by atoms with E-state index in [1.165, 1.54) is 45.2 Å². The third-order valence-corrected chi connectivity index (χ3v) is 4.93. The summed E-state index contributed by atoms with van der Waals surface area (Å²) in [6, 6.07) is 0.888. The Bertz CT molecular complexity index is 239. The average molecular weight is 254 g/mol. The molecule has 1 aliphatic carbocycles. The van der Waals surface area contributed by atoms with Crippen molar-refractivity contribution in [3.05, 3.63) is 0 Å². The van der Waals surface area contributed by atoms with E-state index >= 15 is 0 Å². The Morgan fingerprint density at radius 3 is 2.44 bits per heavy atom. The Morgan fingerprint density at radius 2 is 1.72 bits per heavy atom. The zero-order chi connectivity index (χ0) is 13.0. The topological polar surface area (TPSA) is 35.5 Å². The van der Waals surface area contributed by atoms with Gasteiger partial charge in [0.25, 0.3) is 0 Å². The van der Waals surface area contributed by atoms with Crippen LogP contribution in [0.3, 0.4) is 0 Å². The largest absolute Gasteiger partial charge is 0.392 e. The maximum atomic E-state index is 10.2. The Morgan fingerprint density at radius 1 is 1.06 bits per heavy atom. The van der Waals surface area contributed by atoms with E-state index in [0.29, 0.717) is 12.1 Å². The van der Waals surface area contributed by atoms with Crippen molar-refractivity contribution in [2.45, 2.75) is 70.1 Å². The van der Waals surface area contributed by atoms with Gasteiger partial charge in [-0.1, -0.05) is 19.3 Å². The van der Waals surface area contributed by atoms with Crippen LogP contribution in [-0.2, 0) is 0 Å². The SMILES string of the molecule is CC(NC1CCCCCC1O)C1CCN(C)CC1. The molecule has 0 aromatic carbocycles. The molecule has 3 atom stereocenters. The zero-order valence-electron chi connectivity index (χ0n) is 12.1. The number of piperidine rings is 1. The summed E-state index contributed by atoms with van der Waals surface area (Å²) in [6.07, 6.45) is 8.37. The van der Waals surface area contributed by atoms with Gasteiger partial charge in [-0.2, -0.15) is 0 Å². The summed E-state index contributed by atoms with van der Waals surface area (Å²) in [4.78, 5) is 2.42. The van der Waals surface area contributed by atoms with Gasteiger partial charge in [-0.3, -0.25) is 0 Å². The molecular formula is C15H30N2O. The van der Waals surface area contributed by atoms with Crippen LogP contribution < -0.4 is 5.32 Å². The molecule has 2 aliphatic rings. The van der Waals surface area contributed by atoms with Crippen molar-refractivity contribution in [2.24, 2.45) is 5.92 Å². The van der Waals surface area contributed by atoms with Crippen molar-refractivity contribution in [2.75, 3.05) is 20.1 Å². The number of nitrogens with zero attached hydrogens (tertiary/aromatic N) is 1. The van der Waals surface area contributed by atoms with Gasteiger partial charge in [0.05, 0.1) is 6.10 Å². The fraction of sp³-hybridized carbons (Fsp3) is 1.00. The fourth-order valence-corrected chi connectivity index (χ4v) is 3.48. The fourth-order valence-electron chi connectivity index (χ4n) is 3.48. The molecule has 0 spiro atoms. The molecular weight excluding hydrogens is 224 g/mol. The normalized spacial score (nSPS) is 34.2. The summed E-state index contributed by atoms with van der Waals surface area (Å²) in [7, 11) is 2.21. The van der Waals surface area contributed by atoms with Gasteiger partial charge in [-0.25, -0.2) is 0 Å². The monoisotopic (exact) mass is 254 g/mol. The van der Waals surface area contributed by atoms with Crippen LogP contribution >= 0.6 is 0 Å². The van der Waals surface area contributed by atoms with Crippen LogP contribution in [0.1, 0.15) is 51.9 Å². The molecule has 0 amide bonds. The van der Waals surface area contributed by atoms with E-state index in [1.807, 2.05) is 0 Å². The van der Waals surface area contributed by atoms with Gasteiger partial charge in [0.1, 0.15) is 0 Å². The summed E-state index contributed by atoms with van der Waals surface area (Å²) in [6.45, 7) is 4.77. The van der Waals surface area contributed by atoms with E-state index in [0.717, 1.165) is 18.8 Å². The number of hydrogen-bond donors (Lipinski definition) is 2. The first-order chi connectivity index (χ1) is 8.66. The molecule has 3 heteroatoms. The number of aliphatic hydroxyl groups excluding tert-OH is 1. The molecule has 0 aromatic heterocycles. The van der Waals surface area contributed by atoms with Crippen LogP contribution in [0.4, 0.5) is 0 Å². The molecule has 2 N–H and O–H groups in total. The third-order valence-electron chi connectivity index (χ3n) is 4.93. The van der Waals surface area contributed by atoms with E-state index in [4.69, 9.17) is 0 Å². The summed E-state index contributed by atoms with van der Waals surface area (Å²) < 4.78 is 0. The van der Waals surface area contributed by atoms with Crippen LogP contribution in [-0.4, -0.2) is 48.3 Å². The summed E-state index contributed by atoms with van der Waals surface area (Å²) >= 11 is 0. The molecule has 0 radical (unpaired) electrons. The zero-order valence-corrected chi connectivity index (χ0v) is 12.1. The molecule has 0 bridgehead atoms. The molecule has 1 aliphatic heterocycles. The van der Waals surface area contributed by atoms with Crippen molar-refractivity contribution < 1.29 is 5.11 Å². The second-order valence-corrected chi connectivity index (χ2v) is 6.41. The van der Waals surface area contributed by atoms with Crippen LogP contribution in [0.2, 0.25) is 0 Å². The van der Waals surface area contributed by atoms with Crippen molar-refractivity contribution in [1.82, 2.24) is 10.2 Å². The number of nitrogens with one attached hydrogen (secondary N) is 1. The van der Waals surface area contributed by atoms with Crippen molar-refractivity contribution in [3.63, 3.8) is 0 Å². The van der Waals surface area contributed by atoms with Crippen LogP contribution in [0, 0.1) is 5.92 Å². The smallest absolute Gasteiger partial charge is 0.0693 e. The van der Waals surface area contributed by atoms with E-state index in [2.05, 4.69) is 24.2 Å². The lowest BCUT2D eigenvalue weighted by Crippen LogP contribution is -2.48. The predicted octanol–water partition coefficient (Wildman–Crippen LogP) is 2.00. The third kappa shape index (κ3) is 3.94. The molecule has 18 heavy (non-hydrogen) atoms. The van der Waals surface area contributed by atoms with Crippen LogP contribution in [0.25, 0.3) is 0 Å². The standard InChI is InChI=1S/C15H30N2O/c1-12(13-8-10-17(2)11-9-13)16-14-6-4-3-5-7-15(14)18/h12-16,18H,3-11H2,1-2H3. The minimum atomic E-state index is -0.124. The second kappa shape index (κ2) is 6.88. The van der Waals surface area contributed by atoms with Crippen molar-refractivity contribution in [3.8, 4) is 0 Å². The van der Waals surface area contributed by atoms with E-state index in [9.17, 15) is 5.11 Å². The van der Waals surface area contributed by atoms with Gasteiger partial charge >= 0.3 is 0 Å². The van der Waals surface area contributed by atoms with Gasteiger partial charge in [0, 0.05) is 12.1 Å². The van der Waals surface area contributed by atoms with Crippen LogP contribution in [0.5, 0.6) is 0 Å². The highest BCUT2D eigenvalue weighted by Crippen LogP contribution is 2.23. The lowest BCUT2D eigenvalue weighted by molar-refractivity contribution is 0.101. The number of aliphatic hydroxyl groups is 1. The van der Waals surface area contributed by atoms with E-state index < -0.39 is 0 Å². The molecule has 3 nitrogen and oxygen atoms in total. The first-order valence-corrected chi connectivity index (χ1v) is 7.79. The molecule has 1 saturated carbocycles. The molecule has 2 fully saturated rings. The molecule has 106 valence electrons. The highest BCUT2D eigenvalue weighted by Gasteiger charge is 2.27. The van der Waals surface area contributed by atoms with Gasteiger partial charge in [-0.15, -0.1) is 0 Å². The maximum Gasteiger partial charge on any atom is 0.0693 e. The Kier molecular flexibility index (Phi) is 5.46. The summed E-state index contributed by atoms with van der Waals surface area (Å²) in [5.74, 6) is 0.789. The van der Waals surface area contributed by atoms with Crippen molar-refractivity contribution >= 4 is 0 Å². The highest BCUT2D eigenvalue weighted by molar-refractivity contribution is 4.85. The molecule has 3 unspecified atom stereocenters. The van der Waals surface area contributed by atoms with Gasteiger partial charge in [0.15, 0.2) is 0 Å². The summed E-state index contributed by atoms with van der Waals surface area (Å²) in [5, 5.41) is 13.9. The highest BCUT2D eigenvalue weighted by atomic mass is 16.3. The van der Waals surface area contributed by atoms with E-state index in [1.54, 1.807) is 0 Å². The number of rotatable bonds is 3. The lowest BCUT2D eigenvalue weighted by atomic mass is 9.89. The second-order valence-electron chi connectivity index (χ2n) is 6.41. The Labute approximate surface area is 112 Å². The minimum absolute atomic E-state index is 0.124. The Hall–Kier alpha value is -0.120. The minimum Gasteiger partial charge on any atom is -0.392 e. The number of likely N-dealkylation sites (tertiary alicyclic amines) is 1. The number of hydrogen-bond acceptors (Lipinski definition) is 3. The molecule has 0 aromatic rings. The Balaban J connectivity index is 1.80. The molecule has 2 rings (SSSR count). The van der Waals surface area contributed by atoms with Gasteiger partial charge in [-0.05, 0) is 58.7 Å². The lowest BCUT2D eigenvalue weighted by Gasteiger charge is -2.35. The first-order valence-electron chi connectivity index (χ1n) is 7.79. The van der Waals surface area contributed by atoms with Gasteiger partial charge < -0.3 is 15.3 Å². The van der Waals surface area contributed by atoms with E-state index in [-0.39, 0.29) is 6.10 Å². The molecule has 1 heterocycles. The van der Waals surface area contributed by atoms with Crippen molar-refractivity contribution in [1.29, 1.82) is 0 Å². The first kappa shape index (κ1) is 14.3. The summed E-state index contributed by atoms with van der Waals surface area (Å²) in [5.41, 5.74) is 0. The van der Waals surface area contributed by atoms with Gasteiger partial charge in [0.2, 0.25) is 0 Å². The maximum absolute atomic E-state index is 10.2. The molecule has 1 saturated heterocycles. The quantitative estimate of drug-likeness (QED) is 0.756. The van der Waals surface area contributed by atoms with Crippen LogP contribution in [0.15, 0.2) is 0 Å². The average Bonchev–Trinajstić information content (AvgIpc) is 2.56.